The van der Waals surface area contributed by atoms with E-state index in [1.807, 2.05) is 41.5 Å². The van der Waals surface area contributed by atoms with Gasteiger partial charge in [-0.15, -0.1) is 5.06 Å². The van der Waals surface area contributed by atoms with Crippen molar-refractivity contribution in [1.29, 1.82) is 0 Å². The van der Waals surface area contributed by atoms with E-state index >= 15 is 0 Å². The molecule has 4 nitrogen and oxygen atoms in total. The van der Waals surface area contributed by atoms with Gasteiger partial charge in [-0.2, -0.15) is 0 Å². The summed E-state index contributed by atoms with van der Waals surface area (Å²) >= 11 is 0. The van der Waals surface area contributed by atoms with Crippen LogP contribution in [-0.2, 0) is 11.3 Å². The van der Waals surface area contributed by atoms with Crippen molar-refractivity contribution in [1.82, 2.24) is 5.06 Å². The number of benzene rings is 2. The zero-order chi connectivity index (χ0) is 36.7. The van der Waals surface area contributed by atoms with Gasteiger partial charge in [0, 0.05) is 25.1 Å². The molecule has 1 aliphatic heterocycles. The van der Waals surface area contributed by atoms with Gasteiger partial charge in [0.25, 0.3) is 0 Å². The van der Waals surface area contributed by atoms with E-state index in [0.29, 0.717) is 12.0 Å². The van der Waals surface area contributed by atoms with Crippen LogP contribution in [0.15, 0.2) is 42.5 Å². The smallest absolute Gasteiger partial charge is 0.357 e. The Kier molecular flexibility index (Phi) is 25.5. The number of fused-ring (bicyclic) bond motifs is 2. The second-order valence-corrected chi connectivity index (χ2v) is 15.9. The average Bonchev–Trinajstić information content (AvgIpc) is 3.16. The van der Waals surface area contributed by atoms with Gasteiger partial charge in [0.05, 0.1) is 5.56 Å². The van der Waals surface area contributed by atoms with Crippen LogP contribution in [0.4, 0.5) is 0 Å². The number of carbonyl (C=O) groups excluding carboxylic acids is 1. The van der Waals surface area contributed by atoms with Crippen LogP contribution in [0.1, 0.15) is 228 Å². The van der Waals surface area contributed by atoms with Gasteiger partial charge in [-0.1, -0.05) is 218 Å². The highest BCUT2D eigenvalue weighted by Gasteiger charge is 2.24. The molecule has 1 heterocycles. The zero-order valence-electron chi connectivity index (χ0n) is 34.0. The van der Waals surface area contributed by atoms with Crippen molar-refractivity contribution < 1.29 is 14.4 Å². The molecule has 52 heavy (non-hydrogen) atoms. The summed E-state index contributed by atoms with van der Waals surface area (Å²) in [5.41, 5.74) is 2.68. The number of unbranched alkanes of at least 4 members (excludes halogenated alkanes) is 28. The normalized spacial score (nSPS) is 12.1. The Hall–Kier alpha value is -2.33. The second kappa shape index (κ2) is 30.0. The van der Waals surface area contributed by atoms with E-state index in [1.165, 1.54) is 180 Å². The van der Waals surface area contributed by atoms with Crippen LogP contribution in [0, 0.1) is 0 Å². The summed E-state index contributed by atoms with van der Waals surface area (Å²) in [6.45, 7) is 6.22. The number of hydroxylamine groups is 2. The molecule has 0 saturated carbocycles. The fourth-order valence-corrected chi connectivity index (χ4v) is 7.78. The van der Waals surface area contributed by atoms with Gasteiger partial charge in [0.15, 0.2) is 0 Å². The number of hydrogen-bond donors (Lipinski definition) is 0. The van der Waals surface area contributed by atoms with E-state index in [2.05, 4.69) is 19.9 Å². The molecule has 2 aromatic carbocycles. The van der Waals surface area contributed by atoms with Crippen LogP contribution in [0.2, 0.25) is 0 Å². The molecule has 0 N–H and O–H groups in total. The van der Waals surface area contributed by atoms with Gasteiger partial charge in [0.1, 0.15) is 11.5 Å². The highest BCUT2D eigenvalue weighted by molar-refractivity contribution is 5.92. The molecule has 0 unspecified atom stereocenters. The first-order valence-electron chi connectivity index (χ1n) is 22.6. The van der Waals surface area contributed by atoms with Crippen LogP contribution in [0.25, 0.3) is 0 Å². The van der Waals surface area contributed by atoms with Gasteiger partial charge < -0.3 is 9.57 Å². The van der Waals surface area contributed by atoms with E-state index in [-0.39, 0.29) is 5.97 Å². The van der Waals surface area contributed by atoms with Crippen LogP contribution >= 0.6 is 0 Å². The molecule has 0 aromatic heterocycles. The van der Waals surface area contributed by atoms with E-state index < -0.39 is 0 Å². The minimum Gasteiger partial charge on any atom is -0.457 e. The summed E-state index contributed by atoms with van der Waals surface area (Å²) in [6, 6.07) is 13.9. The van der Waals surface area contributed by atoms with Crippen molar-refractivity contribution in [2.75, 3.05) is 13.1 Å². The number of nitrogens with zero attached hydrogens (tertiary/aromatic N) is 1. The Bertz CT molecular complexity index is 1130. The molecule has 1 aliphatic rings. The SMILES string of the molecule is CCCCCCCCCCCCCCCCCN(CCCCCCCCCCCCCCCCC)OC(=O)c1cccc2c1Cc1ccccc1O2. The monoisotopic (exact) mass is 718 g/mol. The highest BCUT2D eigenvalue weighted by Crippen LogP contribution is 2.38. The van der Waals surface area contributed by atoms with E-state index in [1.54, 1.807) is 0 Å². The molecule has 0 bridgehead atoms. The van der Waals surface area contributed by atoms with Gasteiger partial charge in [0.2, 0.25) is 0 Å². The lowest BCUT2D eigenvalue weighted by molar-refractivity contribution is -0.111. The Balaban J connectivity index is 1.33. The molecule has 0 amide bonds. The standard InChI is InChI=1S/C48H79NO3/c1-3-5-7-9-11-13-15-17-19-21-23-25-27-29-33-40-49(41-34-30-28-26-24-22-20-18-16-14-12-10-8-6-4-2)52-48(50)44-37-35-39-47-45(44)42-43-36-31-32-38-46(43)51-47/h31-32,35-39H,3-30,33-34,40-42H2,1-2H3. The summed E-state index contributed by atoms with van der Waals surface area (Å²) in [5.74, 6) is 1.40. The number of rotatable bonds is 34. The Labute approximate surface area is 321 Å². The first-order chi connectivity index (χ1) is 25.7. The lowest BCUT2D eigenvalue weighted by atomic mass is 9.96. The number of hydrogen-bond acceptors (Lipinski definition) is 4. The molecule has 0 radical (unpaired) electrons. The van der Waals surface area contributed by atoms with Gasteiger partial charge in [-0.3, -0.25) is 0 Å². The minimum absolute atomic E-state index is 0.248. The molecule has 3 rings (SSSR count). The highest BCUT2D eigenvalue weighted by atomic mass is 16.7. The lowest BCUT2D eigenvalue weighted by Gasteiger charge is -2.24. The quantitative estimate of drug-likeness (QED) is 0.0455. The third-order valence-electron chi connectivity index (χ3n) is 11.1. The number of para-hydroxylation sites is 1. The van der Waals surface area contributed by atoms with Crippen molar-refractivity contribution in [2.45, 2.75) is 213 Å². The van der Waals surface area contributed by atoms with Gasteiger partial charge in [-0.25, -0.2) is 4.79 Å². The molecule has 0 saturated heterocycles. The first kappa shape index (κ1) is 44.1. The summed E-state index contributed by atoms with van der Waals surface area (Å²) in [7, 11) is 0. The third kappa shape index (κ3) is 19.7. The van der Waals surface area contributed by atoms with Crippen molar-refractivity contribution >= 4 is 5.97 Å². The van der Waals surface area contributed by atoms with Crippen LogP contribution in [0.5, 0.6) is 11.5 Å². The summed E-state index contributed by atoms with van der Waals surface area (Å²) in [6.07, 6.45) is 41.4. The first-order valence-corrected chi connectivity index (χ1v) is 22.6. The summed E-state index contributed by atoms with van der Waals surface area (Å²) in [5, 5.41) is 1.98. The van der Waals surface area contributed by atoms with Gasteiger partial charge in [-0.05, 0) is 36.6 Å². The summed E-state index contributed by atoms with van der Waals surface area (Å²) in [4.78, 5) is 19.8. The maximum Gasteiger partial charge on any atom is 0.357 e. The van der Waals surface area contributed by atoms with Crippen LogP contribution < -0.4 is 4.74 Å². The molecular weight excluding hydrogens is 639 g/mol. The van der Waals surface area contributed by atoms with E-state index in [9.17, 15) is 4.79 Å². The molecular formula is C48H79NO3. The molecule has 0 fully saturated rings. The fraction of sp³-hybridized carbons (Fsp3) is 0.729. The number of carbonyl (C=O) groups is 1. The zero-order valence-corrected chi connectivity index (χ0v) is 34.0. The maximum atomic E-state index is 13.6. The molecule has 0 aliphatic carbocycles. The van der Waals surface area contributed by atoms with Crippen molar-refractivity contribution in [3.63, 3.8) is 0 Å². The Morgan fingerprint density at radius 1 is 0.500 bits per heavy atom. The Morgan fingerprint density at radius 3 is 1.33 bits per heavy atom. The van der Waals surface area contributed by atoms with Gasteiger partial charge >= 0.3 is 5.97 Å². The van der Waals surface area contributed by atoms with Crippen LogP contribution in [0.3, 0.4) is 0 Å². The Morgan fingerprint density at radius 2 is 0.885 bits per heavy atom. The minimum atomic E-state index is -0.248. The van der Waals surface area contributed by atoms with Crippen LogP contribution in [-0.4, -0.2) is 24.1 Å². The van der Waals surface area contributed by atoms with E-state index in [4.69, 9.17) is 9.57 Å². The average molecular weight is 718 g/mol. The molecule has 2 aromatic rings. The van der Waals surface area contributed by atoms with Crippen molar-refractivity contribution in [2.24, 2.45) is 0 Å². The largest absolute Gasteiger partial charge is 0.457 e. The second-order valence-electron chi connectivity index (χ2n) is 15.9. The predicted molar refractivity (Wildman–Crippen MR) is 223 cm³/mol. The van der Waals surface area contributed by atoms with Crippen molar-refractivity contribution in [3.8, 4) is 11.5 Å². The molecule has 0 spiro atoms. The number of ether oxygens (including phenoxy) is 1. The molecule has 0 atom stereocenters. The lowest BCUT2D eigenvalue weighted by Crippen LogP contribution is -2.30. The summed E-state index contributed by atoms with van der Waals surface area (Å²) < 4.78 is 6.17. The predicted octanol–water partition coefficient (Wildman–Crippen LogP) is 15.5. The fourth-order valence-electron chi connectivity index (χ4n) is 7.78. The maximum absolute atomic E-state index is 13.6. The molecule has 294 valence electrons. The van der Waals surface area contributed by atoms with E-state index in [0.717, 1.165) is 48.6 Å². The molecule has 4 heteroatoms. The third-order valence-corrected chi connectivity index (χ3v) is 11.1. The topological polar surface area (TPSA) is 38.8 Å². The van der Waals surface area contributed by atoms with Crippen molar-refractivity contribution in [3.05, 3.63) is 59.2 Å².